The van der Waals surface area contributed by atoms with E-state index in [1.54, 1.807) is 6.92 Å². The molecule has 0 aliphatic heterocycles. The van der Waals surface area contributed by atoms with Crippen LogP contribution in [0.3, 0.4) is 0 Å². The van der Waals surface area contributed by atoms with Gasteiger partial charge < -0.3 is 0 Å². The molecular weight excluding hydrogens is 249 g/mol. The molecule has 2 aromatic rings. The summed E-state index contributed by atoms with van der Waals surface area (Å²) in [6, 6.07) is 5.27. The van der Waals surface area contributed by atoms with E-state index in [1.807, 2.05) is 0 Å². The van der Waals surface area contributed by atoms with E-state index in [2.05, 4.69) is 0 Å². The lowest BCUT2D eigenvalue weighted by atomic mass is 10.1. The number of halogens is 3. The van der Waals surface area contributed by atoms with Crippen molar-refractivity contribution in [2.45, 2.75) is 13.1 Å². The minimum atomic E-state index is -4.41. The van der Waals surface area contributed by atoms with Crippen molar-refractivity contribution in [3.8, 4) is 5.69 Å². The molecule has 0 unspecified atom stereocenters. The second kappa shape index (κ2) is 4.03. The molecule has 0 aliphatic rings. The van der Waals surface area contributed by atoms with Crippen LogP contribution in [0.25, 0.3) is 5.69 Å². The molecule has 0 spiro atoms. The summed E-state index contributed by atoms with van der Waals surface area (Å²) < 4.78 is 39.7. The monoisotopic (exact) mass is 258 g/mol. The molecule has 0 aliphatic carbocycles. The fourth-order valence-corrected chi connectivity index (χ4v) is 2.28. The molecule has 1 aromatic heterocycles. The highest BCUT2D eigenvalue weighted by molar-refractivity contribution is 7.09. The number of nitrogens with zero attached hydrogens (tertiary/aromatic N) is 1. The Balaban J connectivity index is 2.68. The Morgan fingerprint density at radius 1 is 1.24 bits per heavy atom. The third kappa shape index (κ3) is 2.26. The summed E-state index contributed by atoms with van der Waals surface area (Å²) in [6.07, 6.45) is -2.87. The van der Waals surface area contributed by atoms with Gasteiger partial charge in [0.15, 0.2) is 4.80 Å². The SMILES string of the molecule is Cc1cn(-c2ccccc2C(F)(F)F)c(=N)s1. The quantitative estimate of drug-likeness (QED) is 0.812. The topological polar surface area (TPSA) is 28.8 Å². The number of para-hydroxylation sites is 1. The zero-order valence-corrected chi connectivity index (χ0v) is 9.69. The molecule has 2 nitrogen and oxygen atoms in total. The zero-order chi connectivity index (χ0) is 12.6. The highest BCUT2D eigenvalue weighted by Gasteiger charge is 2.33. The molecule has 0 amide bonds. The minimum absolute atomic E-state index is 0.00523. The van der Waals surface area contributed by atoms with E-state index in [1.165, 1.54) is 29.0 Å². The Morgan fingerprint density at radius 3 is 2.41 bits per heavy atom. The molecule has 6 heteroatoms. The van der Waals surface area contributed by atoms with Crippen molar-refractivity contribution in [2.24, 2.45) is 0 Å². The molecule has 0 saturated carbocycles. The largest absolute Gasteiger partial charge is 0.418 e. The number of benzene rings is 1. The number of hydrogen-bond donors (Lipinski definition) is 1. The fourth-order valence-electron chi connectivity index (χ4n) is 1.57. The number of aryl methyl sites for hydroxylation is 1. The third-order valence-corrected chi connectivity index (χ3v) is 3.07. The summed E-state index contributed by atoms with van der Waals surface area (Å²) in [5.41, 5.74) is -0.731. The summed E-state index contributed by atoms with van der Waals surface area (Å²) in [5, 5.41) is 7.64. The minimum Gasteiger partial charge on any atom is -0.292 e. The normalized spacial score (nSPS) is 11.8. The van der Waals surface area contributed by atoms with E-state index in [-0.39, 0.29) is 10.5 Å². The van der Waals surface area contributed by atoms with E-state index >= 15 is 0 Å². The van der Waals surface area contributed by atoms with Crippen LogP contribution in [0.1, 0.15) is 10.4 Å². The standard InChI is InChI=1S/C11H9F3N2S/c1-7-6-16(10(15)17-7)9-5-3-2-4-8(9)11(12,13)14/h2-6,15H,1H3. The van der Waals surface area contributed by atoms with Gasteiger partial charge in [-0.15, -0.1) is 11.3 Å². The van der Waals surface area contributed by atoms with Crippen LogP contribution in [0.2, 0.25) is 0 Å². The van der Waals surface area contributed by atoms with E-state index in [9.17, 15) is 13.2 Å². The van der Waals surface area contributed by atoms with Crippen molar-refractivity contribution >= 4 is 11.3 Å². The van der Waals surface area contributed by atoms with Crippen LogP contribution < -0.4 is 4.80 Å². The molecule has 0 atom stereocenters. The molecule has 1 aromatic carbocycles. The summed E-state index contributed by atoms with van der Waals surface area (Å²) in [7, 11) is 0. The smallest absolute Gasteiger partial charge is 0.292 e. The number of aromatic nitrogens is 1. The second-order valence-electron chi connectivity index (χ2n) is 3.53. The average molecular weight is 258 g/mol. The van der Waals surface area contributed by atoms with Crippen molar-refractivity contribution in [1.29, 1.82) is 5.41 Å². The first-order valence-electron chi connectivity index (χ1n) is 4.80. The van der Waals surface area contributed by atoms with Gasteiger partial charge in [-0.2, -0.15) is 13.2 Å². The van der Waals surface area contributed by atoms with E-state index < -0.39 is 11.7 Å². The Kier molecular flexibility index (Phi) is 2.82. The van der Waals surface area contributed by atoms with Crippen LogP contribution in [0, 0.1) is 12.3 Å². The maximum atomic E-state index is 12.8. The van der Waals surface area contributed by atoms with Crippen LogP contribution >= 0.6 is 11.3 Å². The Labute approximate surface area is 99.5 Å². The van der Waals surface area contributed by atoms with Gasteiger partial charge in [-0.05, 0) is 19.1 Å². The molecule has 0 fully saturated rings. The predicted octanol–water partition coefficient (Wildman–Crippen LogP) is 3.35. The molecule has 0 radical (unpaired) electrons. The number of alkyl halides is 3. The van der Waals surface area contributed by atoms with E-state index in [0.29, 0.717) is 0 Å². The first kappa shape index (κ1) is 11.9. The maximum absolute atomic E-state index is 12.8. The Hall–Kier alpha value is -1.56. The molecule has 0 bridgehead atoms. The van der Waals surface area contributed by atoms with Crippen molar-refractivity contribution < 1.29 is 13.2 Å². The maximum Gasteiger partial charge on any atom is 0.418 e. The summed E-state index contributed by atoms with van der Waals surface area (Å²) >= 11 is 1.15. The summed E-state index contributed by atoms with van der Waals surface area (Å²) in [5.74, 6) is 0. The molecule has 1 N–H and O–H groups in total. The lowest BCUT2D eigenvalue weighted by Crippen LogP contribution is -2.16. The number of hydrogen-bond acceptors (Lipinski definition) is 2. The van der Waals surface area contributed by atoms with Gasteiger partial charge in [-0.25, -0.2) is 0 Å². The van der Waals surface area contributed by atoms with Crippen LogP contribution in [-0.2, 0) is 6.18 Å². The number of rotatable bonds is 1. The lowest BCUT2D eigenvalue weighted by molar-refractivity contribution is -0.137. The molecule has 1 heterocycles. The summed E-state index contributed by atoms with van der Waals surface area (Å²) in [4.78, 5) is 0.881. The molecular formula is C11H9F3N2S. The van der Waals surface area contributed by atoms with Gasteiger partial charge in [0.25, 0.3) is 0 Å². The highest BCUT2D eigenvalue weighted by Crippen LogP contribution is 2.33. The van der Waals surface area contributed by atoms with E-state index in [0.717, 1.165) is 22.3 Å². The molecule has 90 valence electrons. The van der Waals surface area contributed by atoms with Gasteiger partial charge in [-0.1, -0.05) is 12.1 Å². The van der Waals surface area contributed by atoms with Crippen molar-refractivity contribution in [1.82, 2.24) is 4.57 Å². The van der Waals surface area contributed by atoms with Crippen molar-refractivity contribution in [2.75, 3.05) is 0 Å². The van der Waals surface area contributed by atoms with Gasteiger partial charge in [-0.3, -0.25) is 9.98 Å². The zero-order valence-electron chi connectivity index (χ0n) is 8.88. The van der Waals surface area contributed by atoms with Gasteiger partial charge in [0.2, 0.25) is 0 Å². The highest BCUT2D eigenvalue weighted by atomic mass is 32.1. The van der Waals surface area contributed by atoms with Gasteiger partial charge in [0.1, 0.15) is 0 Å². The van der Waals surface area contributed by atoms with Crippen LogP contribution in [0.4, 0.5) is 13.2 Å². The predicted molar refractivity (Wildman–Crippen MR) is 59.2 cm³/mol. The van der Waals surface area contributed by atoms with Crippen LogP contribution in [0.5, 0.6) is 0 Å². The van der Waals surface area contributed by atoms with E-state index in [4.69, 9.17) is 5.41 Å². The van der Waals surface area contributed by atoms with Crippen molar-refractivity contribution in [3.63, 3.8) is 0 Å². The number of nitrogens with one attached hydrogen (secondary N) is 1. The van der Waals surface area contributed by atoms with Crippen molar-refractivity contribution in [3.05, 3.63) is 45.7 Å². The fraction of sp³-hybridized carbons (Fsp3) is 0.182. The Bertz CT molecular complexity index is 595. The summed E-state index contributed by atoms with van der Waals surface area (Å²) in [6.45, 7) is 1.76. The Morgan fingerprint density at radius 2 is 1.88 bits per heavy atom. The first-order valence-corrected chi connectivity index (χ1v) is 5.61. The molecule has 17 heavy (non-hydrogen) atoms. The second-order valence-corrected chi connectivity index (χ2v) is 4.77. The third-order valence-electron chi connectivity index (χ3n) is 2.26. The first-order chi connectivity index (χ1) is 7.89. The van der Waals surface area contributed by atoms with Crippen LogP contribution in [-0.4, -0.2) is 4.57 Å². The van der Waals surface area contributed by atoms with Gasteiger partial charge in [0.05, 0.1) is 11.3 Å². The van der Waals surface area contributed by atoms with Gasteiger partial charge in [0, 0.05) is 11.1 Å². The van der Waals surface area contributed by atoms with Gasteiger partial charge >= 0.3 is 6.18 Å². The average Bonchev–Trinajstić information content (AvgIpc) is 2.56. The number of thiazole rings is 1. The lowest BCUT2D eigenvalue weighted by Gasteiger charge is -2.12. The molecule has 2 rings (SSSR count). The molecule has 0 saturated heterocycles. The van der Waals surface area contributed by atoms with Crippen LogP contribution in [0.15, 0.2) is 30.5 Å².